The summed E-state index contributed by atoms with van der Waals surface area (Å²) in [5, 5.41) is 17.2. The molecule has 0 amide bonds. The number of hydrogen-bond donors (Lipinski definition) is 2. The van der Waals surface area contributed by atoms with Crippen LogP contribution in [0.15, 0.2) is 0 Å². The summed E-state index contributed by atoms with van der Waals surface area (Å²) in [6, 6.07) is 0.556. The molecule has 4 heteroatoms. The first kappa shape index (κ1) is 13.4. The standard InChI is InChI=1S/C14H25N3O/c1-10-5-4-6-13(9-10)15-14-11(2)12(3)16-17(14)7-8-18/h10,13,15,18H,4-9H2,1-3H3. The van der Waals surface area contributed by atoms with Gasteiger partial charge >= 0.3 is 0 Å². The lowest BCUT2D eigenvalue weighted by atomic mass is 9.87. The SMILES string of the molecule is Cc1nn(CCO)c(NC2CCCC(C)C2)c1C. The van der Waals surface area contributed by atoms with E-state index >= 15 is 0 Å². The molecule has 1 aromatic heterocycles. The summed E-state index contributed by atoms with van der Waals surface area (Å²) in [6.45, 7) is 7.16. The maximum Gasteiger partial charge on any atom is 0.127 e. The van der Waals surface area contributed by atoms with Gasteiger partial charge in [-0.25, -0.2) is 4.68 Å². The Morgan fingerprint density at radius 1 is 1.39 bits per heavy atom. The molecule has 2 N–H and O–H groups in total. The van der Waals surface area contributed by atoms with Gasteiger partial charge in [-0.15, -0.1) is 0 Å². The van der Waals surface area contributed by atoms with Crippen LogP contribution in [-0.4, -0.2) is 27.5 Å². The number of rotatable bonds is 4. The number of aryl methyl sites for hydroxylation is 1. The second-order valence-electron chi connectivity index (χ2n) is 5.62. The Bertz CT molecular complexity index is 400. The van der Waals surface area contributed by atoms with E-state index in [9.17, 15) is 0 Å². The lowest BCUT2D eigenvalue weighted by Crippen LogP contribution is -2.28. The molecule has 1 aliphatic carbocycles. The zero-order chi connectivity index (χ0) is 13.1. The predicted molar refractivity (Wildman–Crippen MR) is 73.8 cm³/mol. The summed E-state index contributed by atoms with van der Waals surface area (Å²) in [5.41, 5.74) is 2.26. The first-order chi connectivity index (χ1) is 8.61. The van der Waals surface area contributed by atoms with E-state index in [1.807, 2.05) is 11.6 Å². The third kappa shape index (κ3) is 2.86. The van der Waals surface area contributed by atoms with Gasteiger partial charge in [0.05, 0.1) is 18.8 Å². The molecule has 0 radical (unpaired) electrons. The van der Waals surface area contributed by atoms with Gasteiger partial charge < -0.3 is 10.4 Å². The molecule has 0 saturated heterocycles. The van der Waals surface area contributed by atoms with Crippen LogP contribution >= 0.6 is 0 Å². The number of nitrogens with one attached hydrogen (secondary N) is 1. The van der Waals surface area contributed by atoms with Crippen LogP contribution in [0.2, 0.25) is 0 Å². The number of aliphatic hydroxyl groups is 1. The number of nitrogens with zero attached hydrogens (tertiary/aromatic N) is 2. The maximum atomic E-state index is 9.10. The lowest BCUT2D eigenvalue weighted by Gasteiger charge is -2.28. The van der Waals surface area contributed by atoms with E-state index in [1.54, 1.807) is 0 Å². The molecule has 2 unspecified atom stereocenters. The highest BCUT2D eigenvalue weighted by atomic mass is 16.3. The third-order valence-electron chi connectivity index (χ3n) is 4.02. The Hall–Kier alpha value is -1.03. The number of aliphatic hydroxyl groups excluding tert-OH is 1. The first-order valence-electron chi connectivity index (χ1n) is 7.03. The van der Waals surface area contributed by atoms with Gasteiger partial charge in [0.1, 0.15) is 5.82 Å². The van der Waals surface area contributed by atoms with E-state index in [2.05, 4.69) is 24.3 Å². The van der Waals surface area contributed by atoms with Crippen LogP contribution in [0.1, 0.15) is 43.9 Å². The second kappa shape index (κ2) is 5.74. The Morgan fingerprint density at radius 2 is 2.17 bits per heavy atom. The van der Waals surface area contributed by atoms with Crippen molar-refractivity contribution in [3.63, 3.8) is 0 Å². The molecule has 1 aromatic rings. The molecule has 0 aliphatic heterocycles. The van der Waals surface area contributed by atoms with Crippen LogP contribution in [0.3, 0.4) is 0 Å². The Balaban J connectivity index is 2.11. The molecule has 1 saturated carbocycles. The molecule has 102 valence electrons. The number of aromatic nitrogens is 2. The Kier molecular flexibility index (Phi) is 4.27. The summed E-state index contributed by atoms with van der Waals surface area (Å²) in [7, 11) is 0. The Labute approximate surface area is 109 Å². The topological polar surface area (TPSA) is 50.1 Å². The van der Waals surface area contributed by atoms with Crippen molar-refractivity contribution in [2.45, 2.75) is 59.0 Å². The monoisotopic (exact) mass is 251 g/mol. The van der Waals surface area contributed by atoms with Crippen LogP contribution in [0.5, 0.6) is 0 Å². The van der Waals surface area contributed by atoms with Gasteiger partial charge in [-0.1, -0.05) is 19.8 Å². The summed E-state index contributed by atoms with van der Waals surface area (Å²) in [4.78, 5) is 0. The van der Waals surface area contributed by atoms with Gasteiger partial charge in [0.25, 0.3) is 0 Å². The van der Waals surface area contributed by atoms with Crippen molar-refractivity contribution in [1.82, 2.24) is 9.78 Å². The summed E-state index contributed by atoms with van der Waals surface area (Å²) in [5.74, 6) is 1.91. The summed E-state index contributed by atoms with van der Waals surface area (Å²) >= 11 is 0. The minimum atomic E-state index is 0.135. The van der Waals surface area contributed by atoms with Crippen molar-refractivity contribution in [1.29, 1.82) is 0 Å². The quantitative estimate of drug-likeness (QED) is 0.864. The minimum Gasteiger partial charge on any atom is -0.394 e. The van der Waals surface area contributed by atoms with Crippen molar-refractivity contribution in [3.05, 3.63) is 11.3 Å². The van der Waals surface area contributed by atoms with Gasteiger partial charge in [-0.2, -0.15) is 5.10 Å². The average Bonchev–Trinajstić information content (AvgIpc) is 2.58. The summed E-state index contributed by atoms with van der Waals surface area (Å²) in [6.07, 6.45) is 5.15. The summed E-state index contributed by atoms with van der Waals surface area (Å²) < 4.78 is 1.91. The van der Waals surface area contributed by atoms with Crippen LogP contribution in [-0.2, 0) is 6.54 Å². The van der Waals surface area contributed by atoms with Gasteiger partial charge in [0, 0.05) is 11.6 Å². The maximum absolute atomic E-state index is 9.10. The van der Waals surface area contributed by atoms with E-state index in [1.165, 1.54) is 31.2 Å². The molecule has 2 atom stereocenters. The highest BCUT2D eigenvalue weighted by molar-refractivity contribution is 5.47. The van der Waals surface area contributed by atoms with Crippen molar-refractivity contribution >= 4 is 5.82 Å². The molecule has 2 rings (SSSR count). The lowest BCUT2D eigenvalue weighted by molar-refractivity contribution is 0.269. The molecule has 1 fully saturated rings. The van der Waals surface area contributed by atoms with Gasteiger partial charge in [-0.05, 0) is 32.6 Å². The van der Waals surface area contributed by atoms with Crippen LogP contribution in [0.4, 0.5) is 5.82 Å². The van der Waals surface area contributed by atoms with Crippen LogP contribution in [0.25, 0.3) is 0 Å². The number of hydrogen-bond acceptors (Lipinski definition) is 3. The molecule has 0 bridgehead atoms. The molecule has 1 aliphatic rings. The highest BCUT2D eigenvalue weighted by Gasteiger charge is 2.21. The van der Waals surface area contributed by atoms with Gasteiger partial charge in [-0.3, -0.25) is 0 Å². The van der Waals surface area contributed by atoms with Gasteiger partial charge in [0.15, 0.2) is 0 Å². The molecular weight excluding hydrogens is 226 g/mol. The predicted octanol–water partition coefficient (Wildman–Crippen LogP) is 2.48. The van der Waals surface area contributed by atoms with Crippen molar-refractivity contribution in [3.8, 4) is 0 Å². The number of anilines is 1. The minimum absolute atomic E-state index is 0.135. The fourth-order valence-corrected chi connectivity index (χ4v) is 2.87. The Morgan fingerprint density at radius 3 is 2.83 bits per heavy atom. The zero-order valence-corrected chi connectivity index (χ0v) is 11.7. The van der Waals surface area contributed by atoms with E-state index in [0.29, 0.717) is 12.6 Å². The van der Waals surface area contributed by atoms with Crippen molar-refractivity contribution in [2.24, 2.45) is 5.92 Å². The molecule has 4 nitrogen and oxygen atoms in total. The van der Waals surface area contributed by atoms with Crippen molar-refractivity contribution in [2.75, 3.05) is 11.9 Å². The largest absolute Gasteiger partial charge is 0.394 e. The highest BCUT2D eigenvalue weighted by Crippen LogP contribution is 2.28. The zero-order valence-electron chi connectivity index (χ0n) is 11.7. The van der Waals surface area contributed by atoms with Crippen LogP contribution in [0, 0.1) is 19.8 Å². The van der Waals surface area contributed by atoms with E-state index in [4.69, 9.17) is 5.11 Å². The fourth-order valence-electron chi connectivity index (χ4n) is 2.87. The first-order valence-corrected chi connectivity index (χ1v) is 7.03. The van der Waals surface area contributed by atoms with E-state index in [-0.39, 0.29) is 6.61 Å². The average molecular weight is 251 g/mol. The van der Waals surface area contributed by atoms with E-state index < -0.39 is 0 Å². The van der Waals surface area contributed by atoms with Crippen LogP contribution < -0.4 is 5.32 Å². The second-order valence-corrected chi connectivity index (χ2v) is 5.62. The molecular formula is C14H25N3O. The fraction of sp³-hybridized carbons (Fsp3) is 0.786. The van der Waals surface area contributed by atoms with E-state index in [0.717, 1.165) is 17.4 Å². The molecule has 0 spiro atoms. The third-order valence-corrected chi connectivity index (χ3v) is 4.02. The molecule has 0 aromatic carbocycles. The molecule has 1 heterocycles. The molecule has 18 heavy (non-hydrogen) atoms. The van der Waals surface area contributed by atoms with Gasteiger partial charge in [0.2, 0.25) is 0 Å². The normalized spacial score (nSPS) is 24.2. The van der Waals surface area contributed by atoms with Crippen molar-refractivity contribution < 1.29 is 5.11 Å². The smallest absolute Gasteiger partial charge is 0.127 e.